The van der Waals surface area contributed by atoms with Crippen molar-refractivity contribution in [1.29, 1.82) is 0 Å². The molecule has 0 saturated carbocycles. The molecular formula is C7H16NO7P. The lowest BCUT2D eigenvalue weighted by Crippen LogP contribution is -2.65. The Morgan fingerprint density at radius 2 is 1.75 bits per heavy atom. The SMILES string of the molecule is C[C@@H]1N[C@H](COP(=O)(O)O)[C@@H](O)[C@H](O)[C@@H]1O. The van der Waals surface area contributed by atoms with Crippen LogP contribution in [0.5, 0.6) is 0 Å². The molecule has 5 atom stereocenters. The highest BCUT2D eigenvalue weighted by molar-refractivity contribution is 7.46. The molecule has 0 amide bonds. The van der Waals surface area contributed by atoms with Gasteiger partial charge in [-0.1, -0.05) is 0 Å². The maximum absolute atomic E-state index is 10.5. The summed E-state index contributed by atoms with van der Waals surface area (Å²) in [5.74, 6) is 0. The van der Waals surface area contributed by atoms with Crippen molar-refractivity contribution in [3.05, 3.63) is 0 Å². The van der Waals surface area contributed by atoms with Crippen LogP contribution in [0.3, 0.4) is 0 Å². The average molecular weight is 257 g/mol. The Kier molecular flexibility index (Phi) is 4.44. The second-order valence-electron chi connectivity index (χ2n) is 3.82. The molecule has 0 unspecified atom stereocenters. The predicted molar refractivity (Wildman–Crippen MR) is 52.4 cm³/mol. The van der Waals surface area contributed by atoms with Crippen LogP contribution in [0.15, 0.2) is 0 Å². The van der Waals surface area contributed by atoms with E-state index in [9.17, 15) is 19.9 Å². The fourth-order valence-corrected chi connectivity index (χ4v) is 1.95. The van der Waals surface area contributed by atoms with Gasteiger partial charge in [0.25, 0.3) is 0 Å². The van der Waals surface area contributed by atoms with E-state index in [1.165, 1.54) is 0 Å². The van der Waals surface area contributed by atoms with Gasteiger partial charge in [0.15, 0.2) is 0 Å². The lowest BCUT2D eigenvalue weighted by molar-refractivity contribution is -0.116. The van der Waals surface area contributed by atoms with E-state index >= 15 is 0 Å². The summed E-state index contributed by atoms with van der Waals surface area (Å²) in [6, 6.07) is -1.36. The van der Waals surface area contributed by atoms with Crippen molar-refractivity contribution in [2.75, 3.05) is 6.61 Å². The summed E-state index contributed by atoms with van der Waals surface area (Å²) < 4.78 is 14.7. The summed E-state index contributed by atoms with van der Waals surface area (Å²) in [5, 5.41) is 31.0. The maximum atomic E-state index is 10.5. The van der Waals surface area contributed by atoms with E-state index in [-0.39, 0.29) is 0 Å². The monoisotopic (exact) mass is 257 g/mol. The molecule has 16 heavy (non-hydrogen) atoms. The first-order valence-corrected chi connectivity index (χ1v) is 6.25. The molecule has 0 aromatic rings. The van der Waals surface area contributed by atoms with E-state index in [0.29, 0.717) is 0 Å². The van der Waals surface area contributed by atoms with E-state index < -0.39 is 44.8 Å². The molecule has 1 aliphatic rings. The van der Waals surface area contributed by atoms with Gasteiger partial charge in [-0.3, -0.25) is 4.52 Å². The van der Waals surface area contributed by atoms with Crippen molar-refractivity contribution in [3.63, 3.8) is 0 Å². The highest BCUT2D eigenvalue weighted by Gasteiger charge is 2.41. The third-order valence-electron chi connectivity index (χ3n) is 2.52. The molecule has 1 aliphatic heterocycles. The van der Waals surface area contributed by atoms with Gasteiger partial charge in [0.1, 0.15) is 12.2 Å². The molecular weight excluding hydrogens is 241 g/mol. The molecule has 1 saturated heterocycles. The molecule has 1 rings (SSSR count). The normalized spacial score (nSPS) is 41.0. The molecule has 0 bridgehead atoms. The van der Waals surface area contributed by atoms with Crippen molar-refractivity contribution >= 4 is 7.82 Å². The zero-order valence-corrected chi connectivity index (χ0v) is 9.49. The van der Waals surface area contributed by atoms with Crippen LogP contribution in [0.4, 0.5) is 0 Å². The van der Waals surface area contributed by atoms with E-state index in [4.69, 9.17) is 9.79 Å². The Morgan fingerprint density at radius 3 is 2.25 bits per heavy atom. The standard InChI is InChI=1S/C7H16NO7P/c1-3-5(9)7(11)6(10)4(8-3)2-15-16(12,13)14/h3-11H,2H2,1H3,(H2,12,13,14)/t3-,4+,5+,6+,7+/m0/s1. The summed E-state index contributed by atoms with van der Waals surface area (Å²) in [7, 11) is -4.61. The quantitative estimate of drug-likeness (QED) is 0.306. The van der Waals surface area contributed by atoms with Crippen LogP contribution in [0.1, 0.15) is 6.92 Å². The lowest BCUT2D eigenvalue weighted by Gasteiger charge is -2.40. The zero-order valence-electron chi connectivity index (χ0n) is 8.59. The molecule has 1 fully saturated rings. The van der Waals surface area contributed by atoms with Crippen molar-refractivity contribution in [2.45, 2.75) is 37.3 Å². The molecule has 9 heteroatoms. The highest BCUT2D eigenvalue weighted by atomic mass is 31.2. The largest absolute Gasteiger partial charge is 0.469 e. The molecule has 6 N–H and O–H groups in total. The Balaban J connectivity index is 2.57. The third kappa shape index (κ3) is 3.47. The number of phosphoric ester groups is 1. The number of piperidine rings is 1. The molecule has 0 radical (unpaired) electrons. The van der Waals surface area contributed by atoms with Gasteiger partial charge in [-0.15, -0.1) is 0 Å². The van der Waals surface area contributed by atoms with E-state index in [0.717, 1.165) is 0 Å². The number of hydrogen-bond donors (Lipinski definition) is 6. The number of nitrogens with one attached hydrogen (secondary N) is 1. The van der Waals surface area contributed by atoms with E-state index in [1.807, 2.05) is 0 Å². The minimum atomic E-state index is -4.61. The van der Waals surface area contributed by atoms with Gasteiger partial charge in [-0.25, -0.2) is 4.57 Å². The van der Waals surface area contributed by atoms with Gasteiger partial charge in [-0.05, 0) is 6.92 Å². The Labute approximate surface area is 92.1 Å². The van der Waals surface area contributed by atoms with E-state index in [2.05, 4.69) is 9.84 Å². The second kappa shape index (κ2) is 5.07. The van der Waals surface area contributed by atoms with Crippen LogP contribution >= 0.6 is 7.82 Å². The third-order valence-corrected chi connectivity index (χ3v) is 3.01. The minimum absolute atomic E-state index is 0.459. The summed E-state index contributed by atoms with van der Waals surface area (Å²) in [4.78, 5) is 17.0. The minimum Gasteiger partial charge on any atom is -0.389 e. The topological polar surface area (TPSA) is 139 Å². The summed E-state index contributed by atoms with van der Waals surface area (Å²) in [6.07, 6.45) is -3.86. The molecule has 0 aromatic heterocycles. The zero-order chi connectivity index (χ0) is 12.5. The Hall–Kier alpha value is -0.0500. The van der Waals surface area contributed by atoms with Crippen LogP contribution in [-0.4, -0.2) is 62.1 Å². The van der Waals surface area contributed by atoms with Gasteiger partial charge in [0.05, 0.1) is 18.8 Å². The molecule has 96 valence electrons. The number of aliphatic hydroxyl groups excluding tert-OH is 3. The van der Waals surface area contributed by atoms with Crippen molar-refractivity contribution in [2.24, 2.45) is 0 Å². The van der Waals surface area contributed by atoms with Crippen LogP contribution < -0.4 is 5.32 Å². The van der Waals surface area contributed by atoms with Gasteiger partial charge < -0.3 is 30.4 Å². The first kappa shape index (κ1) is 14.0. The van der Waals surface area contributed by atoms with Crippen LogP contribution in [0.2, 0.25) is 0 Å². The molecule has 0 spiro atoms. The molecule has 0 aromatic carbocycles. The van der Waals surface area contributed by atoms with Crippen LogP contribution in [0, 0.1) is 0 Å². The number of phosphoric acid groups is 1. The van der Waals surface area contributed by atoms with Crippen LogP contribution in [-0.2, 0) is 9.09 Å². The molecule has 0 aliphatic carbocycles. The number of aliphatic hydroxyl groups is 3. The van der Waals surface area contributed by atoms with Crippen LogP contribution in [0.25, 0.3) is 0 Å². The lowest BCUT2D eigenvalue weighted by atomic mass is 9.91. The average Bonchev–Trinajstić information content (AvgIpc) is 2.17. The highest BCUT2D eigenvalue weighted by Crippen LogP contribution is 2.36. The predicted octanol–water partition coefficient (Wildman–Crippen LogP) is -2.46. The Bertz CT molecular complexity index is 282. The first-order chi connectivity index (χ1) is 7.22. The van der Waals surface area contributed by atoms with E-state index in [1.54, 1.807) is 6.92 Å². The van der Waals surface area contributed by atoms with Gasteiger partial charge in [-0.2, -0.15) is 0 Å². The van der Waals surface area contributed by atoms with Gasteiger partial charge in [0.2, 0.25) is 0 Å². The fraction of sp³-hybridized carbons (Fsp3) is 1.00. The summed E-state index contributed by atoms with van der Waals surface area (Å²) in [5.41, 5.74) is 0. The molecule has 1 heterocycles. The number of hydrogen-bond acceptors (Lipinski definition) is 6. The maximum Gasteiger partial charge on any atom is 0.469 e. The summed E-state index contributed by atoms with van der Waals surface area (Å²) >= 11 is 0. The molecule has 8 nitrogen and oxygen atoms in total. The van der Waals surface area contributed by atoms with Crippen molar-refractivity contribution < 1.29 is 34.2 Å². The van der Waals surface area contributed by atoms with Gasteiger partial charge >= 0.3 is 7.82 Å². The fourth-order valence-electron chi connectivity index (χ4n) is 1.59. The first-order valence-electron chi connectivity index (χ1n) is 4.72. The smallest absolute Gasteiger partial charge is 0.389 e. The number of rotatable bonds is 3. The van der Waals surface area contributed by atoms with Gasteiger partial charge in [0, 0.05) is 6.04 Å². The van der Waals surface area contributed by atoms with Crippen molar-refractivity contribution in [3.8, 4) is 0 Å². The Morgan fingerprint density at radius 1 is 1.19 bits per heavy atom. The van der Waals surface area contributed by atoms with Crippen molar-refractivity contribution in [1.82, 2.24) is 5.32 Å². The second-order valence-corrected chi connectivity index (χ2v) is 5.06. The summed E-state index contributed by atoms with van der Waals surface area (Å²) in [6.45, 7) is 1.11.